The third kappa shape index (κ3) is 4.98. The summed E-state index contributed by atoms with van der Waals surface area (Å²) >= 11 is 2.97. The Morgan fingerprint density at radius 1 is 1.03 bits per heavy atom. The van der Waals surface area contributed by atoms with Crippen molar-refractivity contribution in [2.45, 2.75) is 24.7 Å². The zero-order valence-corrected chi connectivity index (χ0v) is 17.9. The van der Waals surface area contributed by atoms with E-state index in [1.165, 1.54) is 16.6 Å². The molecule has 152 valence electrons. The first-order valence-electron chi connectivity index (χ1n) is 9.66. The van der Waals surface area contributed by atoms with Crippen molar-refractivity contribution < 1.29 is 4.79 Å². The molecule has 1 N–H and O–H groups in total. The molecular formula is C23H21N3O2S2. The lowest BCUT2D eigenvalue weighted by atomic mass is 10.2. The molecule has 4 rings (SSSR count). The zero-order chi connectivity index (χ0) is 20.8. The van der Waals surface area contributed by atoms with Crippen molar-refractivity contribution in [1.29, 1.82) is 0 Å². The van der Waals surface area contributed by atoms with E-state index in [9.17, 15) is 9.59 Å². The van der Waals surface area contributed by atoms with Gasteiger partial charge in [-0.25, -0.2) is 4.98 Å². The second kappa shape index (κ2) is 9.73. The zero-order valence-electron chi connectivity index (χ0n) is 16.3. The molecule has 0 aliphatic carbocycles. The fraction of sp³-hybridized carbons (Fsp3) is 0.174. The molecule has 0 aliphatic rings. The molecule has 0 aliphatic heterocycles. The fourth-order valence-electron chi connectivity index (χ4n) is 3.11. The van der Waals surface area contributed by atoms with Crippen molar-refractivity contribution >= 4 is 39.9 Å². The van der Waals surface area contributed by atoms with Crippen LogP contribution in [-0.2, 0) is 24.3 Å². The van der Waals surface area contributed by atoms with Crippen LogP contribution in [0.5, 0.6) is 0 Å². The third-order valence-electron chi connectivity index (χ3n) is 4.65. The quantitative estimate of drug-likeness (QED) is 0.334. The van der Waals surface area contributed by atoms with E-state index in [4.69, 9.17) is 0 Å². The maximum atomic E-state index is 13.1. The van der Waals surface area contributed by atoms with Crippen LogP contribution < -0.4 is 10.9 Å². The van der Waals surface area contributed by atoms with E-state index in [0.717, 1.165) is 12.0 Å². The second-order valence-corrected chi connectivity index (χ2v) is 8.72. The molecule has 1 amide bonds. The maximum absolute atomic E-state index is 13.1. The number of aromatic nitrogens is 2. The molecular weight excluding hydrogens is 414 g/mol. The lowest BCUT2D eigenvalue weighted by Crippen LogP contribution is -2.27. The summed E-state index contributed by atoms with van der Waals surface area (Å²) in [5.41, 5.74) is 1.64. The van der Waals surface area contributed by atoms with Crippen molar-refractivity contribution in [3.05, 3.63) is 92.9 Å². The number of carbonyl (C=O) groups excluding carboxylic acids is 1. The molecule has 4 aromatic rings. The first-order valence-corrected chi connectivity index (χ1v) is 11.5. The molecule has 0 fully saturated rings. The van der Waals surface area contributed by atoms with Gasteiger partial charge in [0.05, 0.1) is 16.7 Å². The number of hydrogen-bond donors (Lipinski definition) is 1. The van der Waals surface area contributed by atoms with Crippen LogP contribution in [0.25, 0.3) is 10.9 Å². The monoisotopic (exact) mass is 435 g/mol. The SMILES string of the molecule is O=C(CSc1nc2ccccc2c(=O)n1CCc1cccs1)NCc1ccccc1. The van der Waals surface area contributed by atoms with Crippen molar-refractivity contribution in [3.63, 3.8) is 0 Å². The van der Waals surface area contributed by atoms with Gasteiger partial charge in [0, 0.05) is 18.0 Å². The van der Waals surface area contributed by atoms with E-state index >= 15 is 0 Å². The lowest BCUT2D eigenvalue weighted by molar-refractivity contribution is -0.118. The smallest absolute Gasteiger partial charge is 0.262 e. The van der Waals surface area contributed by atoms with Gasteiger partial charge < -0.3 is 5.32 Å². The molecule has 2 aromatic heterocycles. The topological polar surface area (TPSA) is 64.0 Å². The number of nitrogens with one attached hydrogen (secondary N) is 1. The lowest BCUT2D eigenvalue weighted by Gasteiger charge is -2.13. The van der Waals surface area contributed by atoms with Gasteiger partial charge in [0.2, 0.25) is 5.91 Å². The first-order chi connectivity index (χ1) is 14.7. The van der Waals surface area contributed by atoms with Crippen LogP contribution in [0.15, 0.2) is 82.1 Å². The minimum Gasteiger partial charge on any atom is -0.351 e. The van der Waals surface area contributed by atoms with Crippen LogP contribution in [0.4, 0.5) is 0 Å². The van der Waals surface area contributed by atoms with Gasteiger partial charge in [0.25, 0.3) is 5.56 Å². The minimum atomic E-state index is -0.0870. The number of nitrogens with zero attached hydrogens (tertiary/aromatic N) is 2. The van der Waals surface area contributed by atoms with Crippen molar-refractivity contribution in [2.24, 2.45) is 0 Å². The van der Waals surface area contributed by atoms with E-state index in [1.54, 1.807) is 22.0 Å². The van der Waals surface area contributed by atoms with Gasteiger partial charge in [0.1, 0.15) is 0 Å². The molecule has 7 heteroatoms. The highest BCUT2D eigenvalue weighted by atomic mass is 32.2. The molecule has 0 bridgehead atoms. The van der Waals surface area contributed by atoms with Crippen LogP contribution in [-0.4, -0.2) is 21.2 Å². The predicted octanol–water partition coefficient (Wildman–Crippen LogP) is 4.11. The fourth-order valence-corrected chi connectivity index (χ4v) is 4.66. The minimum absolute atomic E-state index is 0.0654. The second-order valence-electron chi connectivity index (χ2n) is 6.75. The summed E-state index contributed by atoms with van der Waals surface area (Å²) in [5, 5.41) is 6.13. The Kier molecular flexibility index (Phi) is 6.61. The van der Waals surface area contributed by atoms with Gasteiger partial charge in [-0.2, -0.15) is 0 Å². The number of para-hydroxylation sites is 1. The molecule has 0 unspecified atom stereocenters. The van der Waals surface area contributed by atoms with Crippen molar-refractivity contribution in [2.75, 3.05) is 5.75 Å². The van der Waals surface area contributed by atoms with Gasteiger partial charge in [0.15, 0.2) is 5.16 Å². The van der Waals surface area contributed by atoms with E-state index in [0.29, 0.717) is 29.1 Å². The summed E-state index contributed by atoms with van der Waals surface area (Å²) in [6.07, 6.45) is 0.755. The molecule has 2 aromatic carbocycles. The van der Waals surface area contributed by atoms with Crippen LogP contribution in [0.3, 0.4) is 0 Å². The normalized spacial score (nSPS) is 10.9. The summed E-state index contributed by atoms with van der Waals surface area (Å²) < 4.78 is 1.69. The highest BCUT2D eigenvalue weighted by Gasteiger charge is 2.13. The largest absolute Gasteiger partial charge is 0.351 e. The summed E-state index contributed by atoms with van der Waals surface area (Å²) in [7, 11) is 0. The molecule has 0 saturated carbocycles. The van der Waals surface area contributed by atoms with Gasteiger partial charge in [-0.15, -0.1) is 11.3 Å². The van der Waals surface area contributed by atoms with Gasteiger partial charge in [-0.05, 0) is 35.6 Å². The molecule has 0 spiro atoms. The van der Waals surface area contributed by atoms with E-state index < -0.39 is 0 Å². The number of hydrogen-bond acceptors (Lipinski definition) is 5. The van der Waals surface area contributed by atoms with E-state index in [2.05, 4.69) is 16.4 Å². The van der Waals surface area contributed by atoms with Crippen LogP contribution in [0.1, 0.15) is 10.4 Å². The Morgan fingerprint density at radius 2 is 1.83 bits per heavy atom. The molecule has 2 heterocycles. The first kappa shape index (κ1) is 20.4. The Hall–Kier alpha value is -2.90. The highest BCUT2D eigenvalue weighted by Crippen LogP contribution is 2.19. The molecule has 0 atom stereocenters. The Bertz CT molecular complexity index is 1190. The third-order valence-corrected chi connectivity index (χ3v) is 6.57. The number of thiophene rings is 1. The number of carbonyl (C=O) groups is 1. The predicted molar refractivity (Wildman–Crippen MR) is 123 cm³/mol. The highest BCUT2D eigenvalue weighted by molar-refractivity contribution is 7.99. The van der Waals surface area contributed by atoms with E-state index in [1.807, 2.05) is 60.0 Å². The van der Waals surface area contributed by atoms with Gasteiger partial charge in [-0.3, -0.25) is 14.2 Å². The van der Waals surface area contributed by atoms with Gasteiger partial charge in [-0.1, -0.05) is 60.3 Å². The average Bonchev–Trinajstić information content (AvgIpc) is 3.30. The number of benzene rings is 2. The number of fused-ring (bicyclic) bond motifs is 1. The summed E-state index contributed by atoms with van der Waals surface area (Å²) in [6, 6.07) is 21.2. The van der Waals surface area contributed by atoms with Crippen LogP contribution >= 0.6 is 23.1 Å². The summed E-state index contributed by atoms with van der Waals surface area (Å²) in [6.45, 7) is 1.02. The molecule has 5 nitrogen and oxygen atoms in total. The number of thioether (sulfide) groups is 1. The van der Waals surface area contributed by atoms with E-state index in [-0.39, 0.29) is 17.2 Å². The maximum Gasteiger partial charge on any atom is 0.262 e. The Balaban J connectivity index is 1.50. The molecule has 0 radical (unpaired) electrons. The number of aryl methyl sites for hydroxylation is 1. The Morgan fingerprint density at radius 3 is 2.63 bits per heavy atom. The van der Waals surface area contributed by atoms with Crippen LogP contribution in [0.2, 0.25) is 0 Å². The van der Waals surface area contributed by atoms with Gasteiger partial charge >= 0.3 is 0 Å². The Labute approximate surface area is 182 Å². The van der Waals surface area contributed by atoms with Crippen LogP contribution in [0, 0.1) is 0 Å². The number of rotatable bonds is 8. The van der Waals surface area contributed by atoms with Crippen molar-refractivity contribution in [1.82, 2.24) is 14.9 Å². The summed E-state index contributed by atoms with van der Waals surface area (Å²) in [4.78, 5) is 31.3. The molecule has 30 heavy (non-hydrogen) atoms. The average molecular weight is 436 g/mol. The number of amides is 1. The molecule has 0 saturated heterocycles. The standard InChI is InChI=1S/C23H21N3O2S2/c27-21(24-15-17-7-2-1-3-8-17)16-30-23-25-20-11-5-4-10-19(20)22(28)26(23)13-12-18-9-6-14-29-18/h1-11,14H,12-13,15-16H2,(H,24,27). The van der Waals surface area contributed by atoms with Crippen molar-refractivity contribution in [3.8, 4) is 0 Å². The summed E-state index contributed by atoms with van der Waals surface area (Å²) in [5.74, 6) is 0.118.